The maximum Gasteiger partial charge on any atom is 0.0462 e. The highest BCUT2D eigenvalue weighted by atomic mass is 15.1. The molecule has 0 radical (unpaired) electrons. The van der Waals surface area contributed by atoms with E-state index in [0.29, 0.717) is 0 Å². The number of hydrogen-bond acceptors (Lipinski definition) is 2. The number of para-hydroxylation sites is 4. The van der Waals surface area contributed by atoms with Crippen LogP contribution in [-0.2, 0) is 10.8 Å². The zero-order chi connectivity index (χ0) is 47.4. The summed E-state index contributed by atoms with van der Waals surface area (Å²) in [5, 5.41) is 0. The van der Waals surface area contributed by atoms with Gasteiger partial charge in [-0.15, -0.1) is 0 Å². The zero-order valence-electron chi connectivity index (χ0n) is 40.1. The van der Waals surface area contributed by atoms with Crippen molar-refractivity contribution in [3.63, 3.8) is 0 Å². The molecule has 0 atom stereocenters. The number of rotatable bonds is 10. The molecule has 0 saturated heterocycles. The zero-order valence-corrected chi connectivity index (χ0v) is 40.1. The normalized spacial score (nSPS) is 13.6. The molecule has 2 heteroatoms. The Morgan fingerprint density at radius 2 is 0.514 bits per heavy atom. The van der Waals surface area contributed by atoms with Crippen LogP contribution in [0.4, 0.5) is 34.1 Å². The fourth-order valence-electron chi connectivity index (χ4n) is 11.1. The van der Waals surface area contributed by atoms with Crippen molar-refractivity contribution in [2.24, 2.45) is 0 Å². The molecule has 0 bridgehead atoms. The van der Waals surface area contributed by atoms with Gasteiger partial charge in [0.15, 0.2) is 0 Å². The van der Waals surface area contributed by atoms with Crippen molar-refractivity contribution in [3.05, 3.63) is 276 Å². The van der Waals surface area contributed by atoms with Crippen LogP contribution in [0.2, 0.25) is 0 Å². The quantitative estimate of drug-likeness (QED) is 0.126. The lowest BCUT2D eigenvalue weighted by molar-refractivity contribution is 0.660. The maximum atomic E-state index is 2.42. The number of anilines is 6. The molecule has 0 saturated carbocycles. The standard InChI is InChI=1S/C68H54N2/c1-67(2)63-43-47(27-39-59(63)61-41-33-51(45-65(61)67)49-29-35-57(36-30-49)69(53-17-9-5-10-18-53)54-19-11-6-12-20-54)25-26-48-28-40-60-62-42-34-52(46-66(62)68(3,4)64(60)44-48)50-31-37-58(38-32-50)70(55-21-13-7-14-22-55)56-23-15-8-16-24-56/h5-46H,1-4H3/b26-25+. The lowest BCUT2D eigenvalue weighted by atomic mass is 9.81. The van der Waals surface area contributed by atoms with Gasteiger partial charge in [-0.2, -0.15) is 0 Å². The van der Waals surface area contributed by atoms with Gasteiger partial charge in [-0.25, -0.2) is 0 Å². The van der Waals surface area contributed by atoms with E-state index < -0.39 is 0 Å². The van der Waals surface area contributed by atoms with E-state index >= 15 is 0 Å². The van der Waals surface area contributed by atoms with Gasteiger partial charge >= 0.3 is 0 Å². The van der Waals surface area contributed by atoms with E-state index in [-0.39, 0.29) is 10.8 Å². The Morgan fingerprint density at radius 3 is 0.829 bits per heavy atom. The van der Waals surface area contributed by atoms with Gasteiger partial charge in [-0.3, -0.25) is 0 Å². The SMILES string of the molecule is CC1(C)c2cc(/C=C/c3ccc4c(c3)C(C)(C)c3cc(-c5ccc(N(c6ccccc6)c6ccccc6)cc5)ccc3-4)ccc2-c2ccc(-c3ccc(N(c4ccccc4)c4ccccc4)cc3)cc21. The van der Waals surface area contributed by atoms with E-state index in [9.17, 15) is 0 Å². The first-order chi connectivity index (χ1) is 34.2. The third-order valence-corrected chi connectivity index (χ3v) is 14.8. The first kappa shape index (κ1) is 42.9. The van der Waals surface area contributed by atoms with Crippen LogP contribution in [0, 0.1) is 0 Å². The molecule has 0 heterocycles. The summed E-state index contributed by atoms with van der Waals surface area (Å²) >= 11 is 0. The topological polar surface area (TPSA) is 6.48 Å². The molecule has 10 aromatic carbocycles. The molecule has 0 amide bonds. The van der Waals surface area contributed by atoms with Gasteiger partial charge in [0.25, 0.3) is 0 Å². The maximum absolute atomic E-state index is 2.42. The minimum atomic E-state index is -0.142. The Balaban J connectivity index is 0.772. The summed E-state index contributed by atoms with van der Waals surface area (Å²) in [7, 11) is 0. The summed E-state index contributed by atoms with van der Waals surface area (Å²) in [4.78, 5) is 4.62. The number of fused-ring (bicyclic) bond motifs is 6. The summed E-state index contributed by atoms with van der Waals surface area (Å²) in [6.07, 6.45) is 4.58. The van der Waals surface area contributed by atoms with Crippen molar-refractivity contribution in [1.29, 1.82) is 0 Å². The van der Waals surface area contributed by atoms with Gasteiger partial charge in [0.1, 0.15) is 0 Å². The number of hydrogen-bond donors (Lipinski definition) is 0. The largest absolute Gasteiger partial charge is 0.311 e. The molecule has 336 valence electrons. The van der Waals surface area contributed by atoms with Crippen LogP contribution in [0.5, 0.6) is 0 Å². The van der Waals surface area contributed by atoms with E-state index in [2.05, 4.69) is 292 Å². The third kappa shape index (κ3) is 7.54. The Labute approximate surface area is 413 Å². The predicted octanol–water partition coefficient (Wildman–Crippen LogP) is 18.7. The molecule has 2 nitrogen and oxygen atoms in total. The first-order valence-corrected chi connectivity index (χ1v) is 24.5. The van der Waals surface area contributed by atoms with Crippen LogP contribution in [0.3, 0.4) is 0 Å². The molecule has 2 aliphatic carbocycles. The number of nitrogens with zero attached hydrogens (tertiary/aromatic N) is 2. The fraction of sp³-hybridized carbons (Fsp3) is 0.0882. The third-order valence-electron chi connectivity index (χ3n) is 14.8. The lowest BCUT2D eigenvalue weighted by Crippen LogP contribution is -2.15. The van der Waals surface area contributed by atoms with Crippen molar-refractivity contribution < 1.29 is 0 Å². The van der Waals surface area contributed by atoms with Gasteiger partial charge in [0.05, 0.1) is 0 Å². The molecule has 0 N–H and O–H groups in total. The highest BCUT2D eigenvalue weighted by molar-refractivity contribution is 5.88. The molecule has 10 aromatic rings. The minimum Gasteiger partial charge on any atom is -0.311 e. The molecule has 12 rings (SSSR count). The van der Waals surface area contributed by atoms with Crippen LogP contribution >= 0.6 is 0 Å². The van der Waals surface area contributed by atoms with Gasteiger partial charge in [-0.1, -0.05) is 198 Å². The summed E-state index contributed by atoms with van der Waals surface area (Å²) in [6, 6.07) is 88.5. The molecule has 0 unspecified atom stereocenters. The average Bonchev–Trinajstić information content (AvgIpc) is 3.77. The van der Waals surface area contributed by atoms with Crippen molar-refractivity contribution >= 4 is 46.3 Å². The van der Waals surface area contributed by atoms with E-state index in [1.165, 1.54) is 77.9 Å². The molecule has 0 aliphatic heterocycles. The van der Waals surface area contributed by atoms with Gasteiger partial charge in [0.2, 0.25) is 0 Å². The highest BCUT2D eigenvalue weighted by Crippen LogP contribution is 2.52. The van der Waals surface area contributed by atoms with E-state index in [1.807, 2.05) is 0 Å². The first-order valence-electron chi connectivity index (χ1n) is 24.5. The van der Waals surface area contributed by atoms with Gasteiger partial charge in [0, 0.05) is 45.0 Å². The van der Waals surface area contributed by atoms with Crippen molar-refractivity contribution in [3.8, 4) is 44.5 Å². The lowest BCUT2D eigenvalue weighted by Gasteiger charge is -2.25. The Bertz CT molecular complexity index is 3230. The molecule has 0 aromatic heterocycles. The molecule has 0 spiro atoms. The van der Waals surface area contributed by atoms with E-state index in [4.69, 9.17) is 0 Å². The summed E-state index contributed by atoms with van der Waals surface area (Å²) < 4.78 is 0. The second kappa shape index (κ2) is 17.3. The van der Waals surface area contributed by atoms with E-state index in [1.54, 1.807) is 0 Å². The van der Waals surface area contributed by atoms with Crippen LogP contribution in [0.1, 0.15) is 61.1 Å². The summed E-state index contributed by atoms with van der Waals surface area (Å²) in [5.74, 6) is 0. The Hall–Kier alpha value is -8.46. The molecular formula is C68H54N2. The van der Waals surface area contributed by atoms with Crippen molar-refractivity contribution in [1.82, 2.24) is 0 Å². The van der Waals surface area contributed by atoms with Gasteiger partial charge < -0.3 is 9.80 Å². The Morgan fingerprint density at radius 1 is 0.257 bits per heavy atom. The van der Waals surface area contributed by atoms with Crippen molar-refractivity contribution in [2.45, 2.75) is 38.5 Å². The Kier molecular flexibility index (Phi) is 10.6. The van der Waals surface area contributed by atoms with Crippen LogP contribution < -0.4 is 9.80 Å². The van der Waals surface area contributed by atoms with E-state index in [0.717, 1.165) is 34.1 Å². The summed E-state index contributed by atoms with van der Waals surface area (Å²) in [6.45, 7) is 9.51. The molecule has 0 fully saturated rings. The number of benzene rings is 10. The second-order valence-corrected chi connectivity index (χ2v) is 19.8. The van der Waals surface area contributed by atoms with Gasteiger partial charge in [-0.05, 0) is 163 Å². The predicted molar refractivity (Wildman–Crippen MR) is 297 cm³/mol. The molecule has 70 heavy (non-hydrogen) atoms. The average molecular weight is 899 g/mol. The minimum absolute atomic E-state index is 0.142. The highest BCUT2D eigenvalue weighted by Gasteiger charge is 2.37. The van der Waals surface area contributed by atoms with Crippen LogP contribution in [-0.4, -0.2) is 0 Å². The van der Waals surface area contributed by atoms with Crippen LogP contribution in [0.15, 0.2) is 243 Å². The monoisotopic (exact) mass is 898 g/mol. The molecule has 2 aliphatic rings. The fourth-order valence-corrected chi connectivity index (χ4v) is 11.1. The molecular weight excluding hydrogens is 845 g/mol. The summed E-state index contributed by atoms with van der Waals surface area (Å²) in [5.41, 5.74) is 24.7. The smallest absolute Gasteiger partial charge is 0.0462 e. The second-order valence-electron chi connectivity index (χ2n) is 19.8. The van der Waals surface area contributed by atoms with Crippen LogP contribution in [0.25, 0.3) is 56.7 Å². The van der Waals surface area contributed by atoms with Crippen molar-refractivity contribution in [2.75, 3.05) is 9.80 Å².